The monoisotopic (exact) mass is 774 g/mol. The third-order valence-electron chi connectivity index (χ3n) is 10.6. The highest BCUT2D eigenvalue weighted by Gasteiger charge is 2.40. The first-order chi connectivity index (χ1) is 27.0. The lowest BCUT2D eigenvalue weighted by Gasteiger charge is -2.31. The fourth-order valence-corrected chi connectivity index (χ4v) is 7.73. The van der Waals surface area contributed by atoms with Crippen molar-refractivity contribution in [2.24, 2.45) is 0 Å². The molecule has 2 heterocycles. The zero-order chi connectivity index (χ0) is 40.5. The van der Waals surface area contributed by atoms with Crippen molar-refractivity contribution in [3.63, 3.8) is 0 Å². The Balaban J connectivity index is 1.32. The third kappa shape index (κ3) is 12.9. The smallest absolute Gasteiger partial charge is 0.245 e. The number of nitrogens with zero attached hydrogens (tertiary/aromatic N) is 4. The van der Waals surface area contributed by atoms with Crippen molar-refractivity contribution < 1.29 is 28.8 Å². The van der Waals surface area contributed by atoms with Gasteiger partial charge in [-0.2, -0.15) is 0 Å². The van der Waals surface area contributed by atoms with E-state index in [1.807, 2.05) is 60.7 Å². The summed E-state index contributed by atoms with van der Waals surface area (Å²) < 4.78 is 0. The van der Waals surface area contributed by atoms with E-state index in [9.17, 15) is 28.8 Å². The molecule has 4 atom stereocenters. The minimum absolute atomic E-state index is 0.0629. The van der Waals surface area contributed by atoms with Gasteiger partial charge in [-0.15, -0.1) is 0 Å². The molecule has 0 aliphatic carbocycles. The molecule has 306 valence electrons. The average molecular weight is 775 g/mol. The van der Waals surface area contributed by atoms with Crippen molar-refractivity contribution in [2.75, 3.05) is 54.4 Å². The van der Waals surface area contributed by atoms with Gasteiger partial charge in [-0.3, -0.25) is 28.8 Å². The highest BCUT2D eigenvalue weighted by molar-refractivity contribution is 5.94. The van der Waals surface area contributed by atoms with Crippen LogP contribution in [0.2, 0.25) is 0 Å². The highest BCUT2D eigenvalue weighted by Crippen LogP contribution is 2.24. The maximum absolute atomic E-state index is 14.0. The van der Waals surface area contributed by atoms with Crippen molar-refractivity contribution in [2.45, 2.75) is 101 Å². The van der Waals surface area contributed by atoms with Gasteiger partial charge in [0.1, 0.15) is 24.2 Å². The minimum Gasteiger partial charge on any atom is -0.343 e. The molecule has 14 heteroatoms. The average Bonchev–Trinajstić information content (AvgIpc) is 3.89. The van der Waals surface area contributed by atoms with Crippen molar-refractivity contribution >= 4 is 35.4 Å². The van der Waals surface area contributed by atoms with E-state index >= 15 is 0 Å². The second kappa shape index (κ2) is 22.7. The zero-order valence-electron chi connectivity index (χ0n) is 33.6. The number of likely N-dealkylation sites (tertiary alicyclic amines) is 2. The number of amides is 6. The second-order valence-corrected chi connectivity index (χ2v) is 15.0. The Morgan fingerprint density at radius 3 is 1.34 bits per heavy atom. The Kier molecular flexibility index (Phi) is 17.8. The lowest BCUT2D eigenvalue weighted by molar-refractivity contribution is -0.145. The van der Waals surface area contributed by atoms with Crippen LogP contribution in [0.25, 0.3) is 0 Å². The van der Waals surface area contributed by atoms with Crippen LogP contribution in [-0.2, 0) is 41.9 Å². The Bertz CT molecular complexity index is 1480. The van der Waals surface area contributed by atoms with Gasteiger partial charge in [0.05, 0.1) is 13.1 Å². The summed E-state index contributed by atoms with van der Waals surface area (Å²) in [6.45, 7) is 1.91. The molecule has 2 aromatic carbocycles. The van der Waals surface area contributed by atoms with Crippen LogP contribution in [-0.4, -0.2) is 134 Å². The van der Waals surface area contributed by atoms with Gasteiger partial charge in [-0.25, -0.2) is 0 Å². The van der Waals surface area contributed by atoms with E-state index in [1.54, 1.807) is 47.8 Å². The first-order valence-corrected chi connectivity index (χ1v) is 20.1. The number of rotatable bonds is 21. The summed E-state index contributed by atoms with van der Waals surface area (Å²) in [6.07, 6.45) is 6.10. The summed E-state index contributed by atoms with van der Waals surface area (Å²) in [5, 5.41) is 11.5. The Labute approximate surface area is 332 Å². The van der Waals surface area contributed by atoms with Gasteiger partial charge in [0, 0.05) is 40.3 Å². The van der Waals surface area contributed by atoms with E-state index in [4.69, 9.17) is 0 Å². The molecule has 0 aromatic heterocycles. The number of hydrogen-bond acceptors (Lipinski definition) is 8. The molecule has 0 spiro atoms. The molecule has 0 radical (unpaired) electrons. The predicted octanol–water partition coefficient (Wildman–Crippen LogP) is 2.03. The van der Waals surface area contributed by atoms with Gasteiger partial charge in [0.15, 0.2) is 0 Å². The lowest BCUT2D eigenvalue weighted by Crippen LogP contribution is -2.54. The van der Waals surface area contributed by atoms with Gasteiger partial charge in [-0.1, -0.05) is 86.3 Å². The van der Waals surface area contributed by atoms with Crippen LogP contribution in [0.4, 0.5) is 0 Å². The van der Waals surface area contributed by atoms with Crippen molar-refractivity contribution in [3.05, 3.63) is 71.8 Å². The lowest BCUT2D eigenvalue weighted by atomic mass is 10.0. The Morgan fingerprint density at radius 2 is 0.982 bits per heavy atom. The predicted molar refractivity (Wildman–Crippen MR) is 215 cm³/mol. The maximum Gasteiger partial charge on any atom is 0.245 e. The molecule has 14 nitrogen and oxygen atoms in total. The molecular weight excluding hydrogens is 713 g/mol. The maximum atomic E-state index is 14.0. The van der Waals surface area contributed by atoms with Crippen LogP contribution in [0.1, 0.15) is 75.3 Å². The molecule has 0 unspecified atom stereocenters. The molecule has 2 fully saturated rings. The Hall–Kier alpha value is -4.82. The molecule has 0 saturated carbocycles. The number of hydrogen-bond donors (Lipinski definition) is 4. The summed E-state index contributed by atoms with van der Waals surface area (Å²) in [5.74, 6) is -1.32. The van der Waals surface area contributed by atoms with Crippen LogP contribution in [0.5, 0.6) is 0 Å². The standard InChI is InChI=1S/C42H62N8O6/c1-43-27-37(51)45-33(39(53)49-25-15-23-35(49)41(55)47(3)29-31-17-9-7-10-18-31)21-13-5-6-14-22-34(46-38(52)28-44-2)40(54)50-26-16-24-36(50)42(56)48(4)30-32-19-11-8-12-20-32/h7-12,17-20,33-36,43-44H,5-6,13-16,21-30H2,1-4H3,(H,45,51)(H,46,52)/t33-,34-,35-,36-/m0/s1. The van der Waals surface area contributed by atoms with Crippen LogP contribution >= 0.6 is 0 Å². The van der Waals surface area contributed by atoms with Crippen LogP contribution < -0.4 is 21.3 Å². The van der Waals surface area contributed by atoms with Gasteiger partial charge in [-0.05, 0) is 63.7 Å². The van der Waals surface area contributed by atoms with E-state index in [0.29, 0.717) is 77.5 Å². The fraction of sp³-hybridized carbons (Fsp3) is 0.571. The van der Waals surface area contributed by atoms with Crippen LogP contribution in [0, 0.1) is 0 Å². The van der Waals surface area contributed by atoms with Gasteiger partial charge < -0.3 is 40.9 Å². The molecule has 2 saturated heterocycles. The largest absolute Gasteiger partial charge is 0.343 e. The molecule has 0 bridgehead atoms. The quantitative estimate of drug-likeness (QED) is 0.140. The number of likely N-dealkylation sites (N-methyl/N-ethyl adjacent to an activating group) is 4. The van der Waals surface area contributed by atoms with Crippen LogP contribution in [0.3, 0.4) is 0 Å². The molecule has 4 rings (SSSR count). The summed E-state index contributed by atoms with van der Waals surface area (Å²) in [4.78, 5) is 87.0. The van der Waals surface area contributed by atoms with Crippen molar-refractivity contribution in [1.29, 1.82) is 0 Å². The highest BCUT2D eigenvalue weighted by atomic mass is 16.2. The molecule has 2 aromatic rings. The van der Waals surface area contributed by atoms with E-state index < -0.39 is 24.2 Å². The van der Waals surface area contributed by atoms with E-state index in [1.165, 1.54) is 0 Å². The fourth-order valence-electron chi connectivity index (χ4n) is 7.73. The summed E-state index contributed by atoms with van der Waals surface area (Å²) in [7, 11) is 6.84. The molecule has 2 aliphatic rings. The summed E-state index contributed by atoms with van der Waals surface area (Å²) >= 11 is 0. The van der Waals surface area contributed by atoms with Gasteiger partial charge in [0.25, 0.3) is 0 Å². The summed E-state index contributed by atoms with van der Waals surface area (Å²) in [5.41, 5.74) is 2.01. The van der Waals surface area contributed by atoms with E-state index in [2.05, 4.69) is 21.3 Å². The zero-order valence-corrected chi connectivity index (χ0v) is 33.6. The number of carbonyl (C=O) groups is 6. The first kappa shape index (κ1) is 43.9. The van der Waals surface area contributed by atoms with E-state index in [0.717, 1.165) is 24.0 Å². The number of carbonyl (C=O) groups excluding carboxylic acids is 6. The molecule has 2 aliphatic heterocycles. The third-order valence-corrected chi connectivity index (χ3v) is 10.6. The number of benzene rings is 2. The number of nitrogens with one attached hydrogen (secondary N) is 4. The van der Waals surface area contributed by atoms with Crippen LogP contribution in [0.15, 0.2) is 60.7 Å². The molecule has 6 amide bonds. The topological polar surface area (TPSA) is 164 Å². The van der Waals surface area contributed by atoms with E-state index in [-0.39, 0.29) is 48.5 Å². The summed E-state index contributed by atoms with van der Waals surface area (Å²) in [6, 6.07) is 16.7. The van der Waals surface area contributed by atoms with Gasteiger partial charge in [0.2, 0.25) is 35.4 Å². The van der Waals surface area contributed by atoms with Crippen molar-refractivity contribution in [1.82, 2.24) is 40.9 Å². The first-order valence-electron chi connectivity index (χ1n) is 20.1. The SMILES string of the molecule is CNCC(=O)N[C@@H](CCCCCC[C@H](NC(=O)CNC)C(=O)N1CCC[C@H]1C(=O)N(C)Cc1ccccc1)C(=O)N1CCC[C@H]1C(=O)N(C)Cc1ccccc1. The second-order valence-electron chi connectivity index (χ2n) is 15.0. The molecule has 4 N–H and O–H groups in total. The minimum atomic E-state index is -0.775. The van der Waals surface area contributed by atoms with Crippen molar-refractivity contribution in [3.8, 4) is 0 Å². The number of unbranched alkanes of at least 4 members (excludes halogenated alkanes) is 3. The molecular formula is C42H62N8O6. The molecule has 56 heavy (non-hydrogen) atoms. The Morgan fingerprint density at radius 1 is 0.607 bits per heavy atom. The van der Waals surface area contributed by atoms with Gasteiger partial charge >= 0.3 is 0 Å². The normalized spacial score (nSPS) is 17.6.